The molecule has 5 N–H and O–H groups in total. The zero-order valence-electron chi connectivity index (χ0n) is 54.1. The molecule has 6 heterocycles. The van der Waals surface area contributed by atoms with Gasteiger partial charge in [-0.15, -0.1) is 0 Å². The van der Waals surface area contributed by atoms with Crippen LogP contribution in [0.15, 0.2) is 59.9 Å². The minimum Gasteiger partial charge on any atom is -0.504 e. The molecule has 87 heavy (non-hydrogen) atoms. The van der Waals surface area contributed by atoms with Gasteiger partial charge in [-0.1, -0.05) is 65.8 Å². The maximum atomic E-state index is 12.2. The van der Waals surface area contributed by atoms with Crippen molar-refractivity contribution in [3.63, 3.8) is 0 Å². The van der Waals surface area contributed by atoms with Crippen LogP contribution in [0.3, 0.4) is 0 Å². The summed E-state index contributed by atoms with van der Waals surface area (Å²) < 4.78 is 44.4. The van der Waals surface area contributed by atoms with E-state index in [1.807, 2.05) is 33.1 Å². The molecule has 3 aromatic rings. The van der Waals surface area contributed by atoms with E-state index in [0.29, 0.717) is 29.6 Å². The fourth-order valence-corrected chi connectivity index (χ4v) is 23.2. The third kappa shape index (κ3) is 6.68. The molecule has 10 unspecified atom stereocenters. The average molecular weight is 1190 g/mol. The molecule has 17 atom stereocenters. The second-order valence-electron chi connectivity index (χ2n) is 32.6. The lowest BCUT2D eigenvalue weighted by molar-refractivity contribution is -0.312. The fraction of sp³-hybridized carbons (Fsp3) is 0.699. The summed E-state index contributed by atoms with van der Waals surface area (Å²) in [7, 11) is 9.31. The van der Waals surface area contributed by atoms with Crippen molar-refractivity contribution in [2.24, 2.45) is 39.4 Å². The molecule has 5 spiro atoms. The third-order valence-corrected chi connectivity index (χ3v) is 28.4. The molecule has 17 aliphatic rings. The molecule has 470 valence electrons. The van der Waals surface area contributed by atoms with E-state index < -0.39 is 22.4 Å². The molecule has 7 saturated carbocycles. The van der Waals surface area contributed by atoms with Gasteiger partial charge in [0.15, 0.2) is 40.6 Å². The van der Waals surface area contributed by atoms with Gasteiger partial charge in [-0.05, 0) is 194 Å². The highest BCUT2D eigenvalue weighted by Gasteiger charge is 2.84. The van der Waals surface area contributed by atoms with Gasteiger partial charge in [0, 0.05) is 89.1 Å². The fourth-order valence-electron chi connectivity index (χ4n) is 23.2. The number of aliphatic hydroxyl groups is 2. The van der Waals surface area contributed by atoms with E-state index in [0.717, 1.165) is 120 Å². The summed E-state index contributed by atoms with van der Waals surface area (Å²) in [5.74, 6) is 5.37. The highest BCUT2D eigenvalue weighted by molar-refractivity contribution is 5.69. The molecule has 0 aromatic heterocycles. The topological polar surface area (TPSA) is 164 Å². The van der Waals surface area contributed by atoms with Crippen molar-refractivity contribution in [1.29, 1.82) is 0 Å². The highest BCUT2D eigenvalue weighted by Crippen LogP contribution is 2.80. The first-order valence-electron chi connectivity index (χ1n) is 33.4. The SMILES string of the molecule is COC1=CC=C2C3Cc4ccc(OC)c5c4C2(CCN3C)[C@H]1O5.CO[C@]12CC[C@@]3(CC1C(C)(O)C(C)(C)C)C1Cc4ccc(O)c5c4C3(CCN1)[C@H]2O5.CO[C@]12CC[C@@]3(CC1C(C)(O)C(C)(C)C)C1Cc4ccc(O)c5c4C3(CCN1CC1CC1)[C@H]2O5. The molecule has 11 aliphatic carbocycles. The summed E-state index contributed by atoms with van der Waals surface area (Å²) in [5.41, 5.74) is 5.59. The molecule has 20 rings (SSSR count). The number of methoxy groups -OCH3 is 4. The lowest BCUT2D eigenvalue weighted by atomic mass is 9.33. The lowest BCUT2D eigenvalue weighted by Gasteiger charge is -2.75. The number of benzene rings is 3. The normalized spacial score (nSPS) is 41.5. The van der Waals surface area contributed by atoms with Gasteiger partial charge in [-0.25, -0.2) is 0 Å². The number of ether oxygens (including phenoxy) is 7. The number of phenols is 2. The van der Waals surface area contributed by atoms with Crippen LogP contribution >= 0.6 is 0 Å². The molecule has 10 bridgehead atoms. The molecule has 6 aliphatic heterocycles. The van der Waals surface area contributed by atoms with Crippen LogP contribution in [-0.2, 0) is 49.7 Å². The van der Waals surface area contributed by atoms with Crippen LogP contribution in [-0.4, -0.2) is 151 Å². The molecular weight excluding hydrogens is 1090 g/mol. The van der Waals surface area contributed by atoms with Crippen molar-refractivity contribution >= 4 is 0 Å². The number of nitrogens with zero attached hydrogens (tertiary/aromatic N) is 2. The van der Waals surface area contributed by atoms with Crippen molar-refractivity contribution in [3.05, 3.63) is 93.3 Å². The van der Waals surface area contributed by atoms with Gasteiger partial charge in [0.2, 0.25) is 0 Å². The Kier molecular flexibility index (Phi) is 12.0. The van der Waals surface area contributed by atoms with Gasteiger partial charge < -0.3 is 58.9 Å². The number of hydrogen-bond donors (Lipinski definition) is 5. The summed E-state index contributed by atoms with van der Waals surface area (Å²) in [6, 6.07) is 13.4. The first-order chi connectivity index (χ1) is 41.3. The van der Waals surface area contributed by atoms with E-state index in [9.17, 15) is 20.4 Å². The Labute approximate surface area is 515 Å². The molecule has 14 heteroatoms. The Hall–Kier alpha value is -4.54. The maximum absolute atomic E-state index is 12.2. The van der Waals surface area contributed by atoms with Crippen LogP contribution < -0.4 is 24.3 Å². The van der Waals surface area contributed by atoms with Gasteiger partial charge in [0.05, 0.1) is 30.8 Å². The number of phenolic OH excluding ortho intramolecular Hbond substituents is 2. The molecule has 3 aromatic carbocycles. The van der Waals surface area contributed by atoms with Gasteiger partial charge in [-0.3, -0.25) is 9.80 Å². The van der Waals surface area contributed by atoms with Crippen LogP contribution in [0.2, 0.25) is 0 Å². The monoisotopic (exact) mass is 1190 g/mol. The second kappa shape index (κ2) is 18.1. The minimum atomic E-state index is -0.910. The molecule has 0 radical (unpaired) electrons. The highest BCUT2D eigenvalue weighted by atomic mass is 16.6. The largest absolute Gasteiger partial charge is 0.504 e. The number of hydrogen-bond acceptors (Lipinski definition) is 14. The summed E-state index contributed by atoms with van der Waals surface area (Å²) in [6.07, 6.45) is 18.7. The zero-order chi connectivity index (χ0) is 61.0. The van der Waals surface area contributed by atoms with Crippen molar-refractivity contribution in [3.8, 4) is 34.5 Å². The first-order valence-corrected chi connectivity index (χ1v) is 33.4. The van der Waals surface area contributed by atoms with Crippen molar-refractivity contribution in [2.75, 3.05) is 61.7 Å². The van der Waals surface area contributed by atoms with Crippen LogP contribution in [0.1, 0.15) is 159 Å². The Morgan fingerprint density at radius 1 is 0.609 bits per heavy atom. The van der Waals surface area contributed by atoms with Crippen LogP contribution in [0.4, 0.5) is 0 Å². The number of rotatable bonds is 8. The number of piperidine rings is 3. The molecule has 14 nitrogen and oxygen atoms in total. The lowest BCUT2D eigenvalue weighted by Crippen LogP contribution is -2.83. The van der Waals surface area contributed by atoms with Crippen molar-refractivity contribution < 1.29 is 53.6 Å². The Bertz CT molecular complexity index is 3470. The van der Waals surface area contributed by atoms with Crippen molar-refractivity contribution in [2.45, 2.75) is 220 Å². The third-order valence-electron chi connectivity index (χ3n) is 28.4. The van der Waals surface area contributed by atoms with Gasteiger partial charge in [-0.2, -0.15) is 0 Å². The first kappa shape index (κ1) is 57.6. The predicted molar refractivity (Wildman–Crippen MR) is 331 cm³/mol. The van der Waals surface area contributed by atoms with Crippen LogP contribution in [0.25, 0.3) is 0 Å². The number of nitrogens with one attached hydrogen (secondary N) is 1. The smallest absolute Gasteiger partial charge is 0.169 e. The molecule has 3 saturated heterocycles. The summed E-state index contributed by atoms with van der Waals surface area (Å²) in [4.78, 5) is 5.30. The molecular formula is C73H97N3O11. The average Bonchev–Trinajstić information content (AvgIpc) is 1.62. The summed E-state index contributed by atoms with van der Waals surface area (Å²) >= 11 is 0. The van der Waals surface area contributed by atoms with Gasteiger partial charge >= 0.3 is 0 Å². The van der Waals surface area contributed by atoms with E-state index in [1.165, 1.54) is 58.3 Å². The van der Waals surface area contributed by atoms with Gasteiger partial charge in [0.1, 0.15) is 29.2 Å². The number of fused-ring (bicyclic) bond motifs is 4. The van der Waals surface area contributed by atoms with Crippen molar-refractivity contribution in [1.82, 2.24) is 15.1 Å². The van der Waals surface area contributed by atoms with E-state index >= 15 is 0 Å². The number of aromatic hydroxyl groups is 2. The number of likely N-dealkylation sites (N-methyl/N-ethyl adjacent to an activating group) is 1. The number of likely N-dealkylation sites (tertiary alicyclic amines) is 2. The number of allylic oxidation sites excluding steroid dienone is 2. The zero-order valence-corrected chi connectivity index (χ0v) is 54.1. The summed E-state index contributed by atoms with van der Waals surface area (Å²) in [5, 5.41) is 49.8. The standard InChI is InChI=1S/C29H41NO4.C25H35NO4.C19H21NO3/c1-25(2,3)26(4,32)20-15-27-10-11-29(20,33-5)24-28(27)12-13-30(16-17-6-7-17)21(27)14-18-8-9-19(31)23(34-24)22(18)28;1-21(2,3)22(4,28)16-13-23-8-9-25(16,29-5)20-24(23)10-11-26-17(23)12-14-6-7-15(27)19(30-20)18(14)24;1-20-9-8-19-12-5-7-15(22-3)18(19)23-17-14(21-2)6-4-11(16(17)19)10-13(12)20/h8-9,17,20-21,24,31-32H,6-7,10-16H2,1-5H3;6-7,16-17,20,26-28H,8-13H2,1-5H3;4-7,13,18H,8-10H2,1-3H3/t20?,21?,24-,26?,27-,28?,29-;16?,17?,20-,22?,23-,24?,25-;13?,18-,19?/m110/s1. The van der Waals surface area contributed by atoms with E-state index in [4.69, 9.17) is 33.2 Å². The van der Waals surface area contributed by atoms with Crippen LogP contribution in [0, 0.1) is 39.4 Å². The van der Waals surface area contributed by atoms with Gasteiger partial charge in [0.25, 0.3) is 0 Å². The molecule has 10 fully saturated rings. The summed E-state index contributed by atoms with van der Waals surface area (Å²) in [6.45, 7) is 21.2. The van der Waals surface area contributed by atoms with E-state index in [2.05, 4.69) is 94.1 Å². The predicted octanol–water partition coefficient (Wildman–Crippen LogP) is 10.1. The Morgan fingerprint density at radius 3 is 1.77 bits per heavy atom. The van der Waals surface area contributed by atoms with Crippen LogP contribution in [0.5, 0.6) is 34.5 Å². The quantitative estimate of drug-likeness (QED) is 0.145. The Morgan fingerprint density at radius 2 is 1.18 bits per heavy atom. The van der Waals surface area contributed by atoms with E-state index in [1.54, 1.807) is 27.4 Å². The minimum absolute atomic E-state index is 0.0160. The second-order valence-corrected chi connectivity index (χ2v) is 32.6. The molecule has 0 amide bonds. The Balaban J connectivity index is 0.000000107. The van der Waals surface area contributed by atoms with E-state index in [-0.39, 0.29) is 79.6 Å². The maximum Gasteiger partial charge on any atom is 0.169 e.